The molecule has 1 rings (SSSR count). The highest BCUT2D eigenvalue weighted by Crippen LogP contribution is 2.14. The average Bonchev–Trinajstić information content (AvgIpc) is 2.17. The van der Waals surface area contributed by atoms with Crippen LogP contribution in [0.2, 0.25) is 0 Å². The van der Waals surface area contributed by atoms with Crippen LogP contribution in [-0.2, 0) is 9.59 Å². The lowest BCUT2D eigenvalue weighted by molar-refractivity contribution is -0.137. The van der Waals surface area contributed by atoms with Crippen LogP contribution >= 0.6 is 0 Å². The van der Waals surface area contributed by atoms with Crippen LogP contribution in [0.5, 0.6) is 0 Å². The largest absolute Gasteiger partial charge is 0.316 e. The zero-order chi connectivity index (χ0) is 11.5. The van der Waals surface area contributed by atoms with Gasteiger partial charge in [0.2, 0.25) is 11.8 Å². The van der Waals surface area contributed by atoms with Crippen molar-refractivity contribution in [1.82, 2.24) is 10.6 Å². The first-order valence-corrected chi connectivity index (χ1v) is 5.47. The van der Waals surface area contributed by atoms with Crippen LogP contribution in [-0.4, -0.2) is 24.9 Å². The Morgan fingerprint density at radius 3 is 2.47 bits per heavy atom. The first kappa shape index (κ1) is 12.2. The number of piperidine rings is 1. The number of rotatable bonds is 1. The number of imide groups is 1. The predicted molar refractivity (Wildman–Crippen MR) is 58.2 cm³/mol. The molecule has 0 aliphatic carbocycles. The monoisotopic (exact) mass is 212 g/mol. The number of carbonyl (C=O) groups excluding carboxylic acids is 2. The predicted octanol–water partition coefficient (Wildman–Crippen LogP) is 0.675. The molecule has 1 aliphatic rings. The molecule has 1 saturated heterocycles. The van der Waals surface area contributed by atoms with Gasteiger partial charge in [-0.1, -0.05) is 20.8 Å². The van der Waals surface area contributed by atoms with E-state index in [1.54, 1.807) is 20.8 Å². The second kappa shape index (κ2) is 4.75. The van der Waals surface area contributed by atoms with E-state index in [9.17, 15) is 9.59 Å². The van der Waals surface area contributed by atoms with Gasteiger partial charge in [0.05, 0.1) is 5.92 Å². The molecule has 1 aliphatic heterocycles. The Kier molecular flexibility index (Phi) is 3.85. The third-order valence-electron chi connectivity index (χ3n) is 2.59. The van der Waals surface area contributed by atoms with E-state index in [-0.39, 0.29) is 17.7 Å². The molecule has 1 heterocycles. The molecule has 15 heavy (non-hydrogen) atoms. The fourth-order valence-corrected chi connectivity index (χ4v) is 1.48. The maximum Gasteiger partial charge on any atom is 0.231 e. The quantitative estimate of drug-likeness (QED) is 0.672. The van der Waals surface area contributed by atoms with Crippen LogP contribution in [0.25, 0.3) is 0 Å². The molecule has 2 N–H and O–H groups in total. The minimum atomic E-state index is -0.502. The molecule has 1 fully saturated rings. The minimum Gasteiger partial charge on any atom is -0.316 e. The van der Waals surface area contributed by atoms with Crippen molar-refractivity contribution in [2.75, 3.05) is 13.1 Å². The van der Waals surface area contributed by atoms with E-state index in [1.165, 1.54) is 0 Å². The fourth-order valence-electron chi connectivity index (χ4n) is 1.48. The van der Waals surface area contributed by atoms with Crippen molar-refractivity contribution in [3.8, 4) is 0 Å². The van der Waals surface area contributed by atoms with Crippen molar-refractivity contribution in [1.29, 1.82) is 0 Å². The lowest BCUT2D eigenvalue weighted by atomic mass is 9.94. The van der Waals surface area contributed by atoms with Crippen molar-refractivity contribution in [3.05, 3.63) is 0 Å². The van der Waals surface area contributed by atoms with Gasteiger partial charge in [-0.15, -0.1) is 0 Å². The Bertz CT molecular complexity index is 250. The molecule has 0 aromatic rings. The topological polar surface area (TPSA) is 58.2 Å². The van der Waals surface area contributed by atoms with Gasteiger partial charge >= 0.3 is 0 Å². The van der Waals surface area contributed by atoms with E-state index in [1.807, 2.05) is 0 Å². The number of nitrogens with one attached hydrogen (secondary N) is 2. The minimum absolute atomic E-state index is 0.0509. The summed E-state index contributed by atoms with van der Waals surface area (Å²) in [4.78, 5) is 23.2. The maximum atomic E-state index is 11.7. The van der Waals surface area contributed by atoms with Crippen LogP contribution < -0.4 is 10.6 Å². The fraction of sp³-hybridized carbons (Fsp3) is 0.818. The Hall–Kier alpha value is -0.900. The Labute approximate surface area is 90.8 Å². The second-order valence-electron chi connectivity index (χ2n) is 5.11. The maximum absolute atomic E-state index is 11.7. The summed E-state index contributed by atoms with van der Waals surface area (Å²) in [6.45, 7) is 7.05. The van der Waals surface area contributed by atoms with E-state index < -0.39 is 5.41 Å². The summed E-state index contributed by atoms with van der Waals surface area (Å²) in [5.41, 5.74) is -0.502. The van der Waals surface area contributed by atoms with Gasteiger partial charge in [-0.25, -0.2) is 0 Å². The molecule has 86 valence electrons. The van der Waals surface area contributed by atoms with E-state index in [4.69, 9.17) is 0 Å². The first-order valence-electron chi connectivity index (χ1n) is 5.47. The normalized spacial score (nSPS) is 22.2. The highest BCUT2D eigenvalue weighted by Gasteiger charge is 2.27. The third kappa shape index (κ3) is 3.63. The van der Waals surface area contributed by atoms with E-state index in [0.717, 1.165) is 19.4 Å². The molecule has 0 spiro atoms. The third-order valence-corrected chi connectivity index (χ3v) is 2.59. The Balaban J connectivity index is 2.44. The smallest absolute Gasteiger partial charge is 0.231 e. The van der Waals surface area contributed by atoms with Gasteiger partial charge in [0, 0.05) is 12.0 Å². The van der Waals surface area contributed by atoms with Gasteiger partial charge in [0.15, 0.2) is 0 Å². The summed E-state index contributed by atoms with van der Waals surface area (Å²) in [6.07, 6.45) is 1.87. The van der Waals surface area contributed by atoms with Gasteiger partial charge in [0.25, 0.3) is 0 Å². The van der Waals surface area contributed by atoms with Crippen molar-refractivity contribution < 1.29 is 9.59 Å². The zero-order valence-corrected chi connectivity index (χ0v) is 9.72. The number of hydrogen-bond donors (Lipinski definition) is 2. The molecule has 0 radical (unpaired) electrons. The van der Waals surface area contributed by atoms with Gasteiger partial charge in [-0.05, 0) is 19.4 Å². The summed E-state index contributed by atoms with van der Waals surface area (Å²) < 4.78 is 0. The summed E-state index contributed by atoms with van der Waals surface area (Å²) in [7, 11) is 0. The summed E-state index contributed by atoms with van der Waals surface area (Å²) in [6, 6.07) is 0. The number of amides is 2. The second-order valence-corrected chi connectivity index (χ2v) is 5.11. The molecule has 4 heteroatoms. The molecule has 0 aromatic carbocycles. The van der Waals surface area contributed by atoms with Crippen LogP contribution in [0.1, 0.15) is 33.6 Å². The van der Waals surface area contributed by atoms with Gasteiger partial charge in [0.1, 0.15) is 0 Å². The molecule has 2 amide bonds. The van der Waals surface area contributed by atoms with Crippen LogP contribution in [0.3, 0.4) is 0 Å². The van der Waals surface area contributed by atoms with Crippen molar-refractivity contribution in [2.45, 2.75) is 33.6 Å². The average molecular weight is 212 g/mol. The molecule has 0 bridgehead atoms. The molecule has 0 aromatic heterocycles. The lowest BCUT2D eigenvalue weighted by Gasteiger charge is -2.23. The van der Waals surface area contributed by atoms with E-state index in [2.05, 4.69) is 10.6 Å². The lowest BCUT2D eigenvalue weighted by Crippen LogP contribution is -2.46. The molecule has 0 unspecified atom stereocenters. The number of carbonyl (C=O) groups is 2. The van der Waals surface area contributed by atoms with E-state index in [0.29, 0.717) is 6.54 Å². The highest BCUT2D eigenvalue weighted by molar-refractivity contribution is 5.98. The Morgan fingerprint density at radius 1 is 1.33 bits per heavy atom. The SMILES string of the molecule is CC(C)(C)C(=O)NC(=O)[C@@H]1CCCNC1. The van der Waals surface area contributed by atoms with Crippen molar-refractivity contribution in [3.63, 3.8) is 0 Å². The summed E-state index contributed by atoms with van der Waals surface area (Å²) in [5.74, 6) is -0.384. The zero-order valence-electron chi connectivity index (χ0n) is 9.72. The molecule has 0 saturated carbocycles. The van der Waals surface area contributed by atoms with Crippen molar-refractivity contribution in [2.24, 2.45) is 11.3 Å². The Morgan fingerprint density at radius 2 is 2.00 bits per heavy atom. The molecular formula is C11H20N2O2. The molecular weight excluding hydrogens is 192 g/mol. The van der Waals surface area contributed by atoms with Crippen LogP contribution in [0.15, 0.2) is 0 Å². The van der Waals surface area contributed by atoms with Crippen LogP contribution in [0, 0.1) is 11.3 Å². The molecule has 4 nitrogen and oxygen atoms in total. The van der Waals surface area contributed by atoms with Crippen LogP contribution in [0.4, 0.5) is 0 Å². The standard InChI is InChI=1S/C11H20N2O2/c1-11(2,3)10(15)13-9(14)8-5-4-6-12-7-8/h8,12H,4-7H2,1-3H3,(H,13,14,15)/t8-/m1/s1. The van der Waals surface area contributed by atoms with E-state index >= 15 is 0 Å². The highest BCUT2D eigenvalue weighted by atomic mass is 16.2. The van der Waals surface area contributed by atoms with Gasteiger partial charge in [-0.2, -0.15) is 0 Å². The first-order chi connectivity index (χ1) is 6.91. The van der Waals surface area contributed by atoms with Crippen molar-refractivity contribution >= 4 is 11.8 Å². The molecule has 1 atom stereocenters. The summed E-state index contributed by atoms with van der Waals surface area (Å²) in [5, 5.41) is 5.63. The number of hydrogen-bond acceptors (Lipinski definition) is 3. The van der Waals surface area contributed by atoms with Gasteiger partial charge < -0.3 is 5.32 Å². The summed E-state index contributed by atoms with van der Waals surface area (Å²) >= 11 is 0. The van der Waals surface area contributed by atoms with Gasteiger partial charge in [-0.3, -0.25) is 14.9 Å².